The number of fused-ring (bicyclic) bond motifs is 6. The molecule has 2 atom stereocenters. The minimum absolute atomic E-state index is 0.596. The van der Waals surface area contributed by atoms with E-state index in [1.165, 1.54) is 47.7 Å². The lowest BCUT2D eigenvalue weighted by Crippen LogP contribution is -2.44. The molecule has 27 heavy (non-hydrogen) atoms. The van der Waals surface area contributed by atoms with Crippen molar-refractivity contribution in [1.82, 2.24) is 14.5 Å². The Kier molecular flexibility index (Phi) is 4.08. The van der Waals surface area contributed by atoms with Gasteiger partial charge in [-0.25, -0.2) is 0 Å². The molecule has 2 bridgehead atoms. The fourth-order valence-corrected chi connectivity index (χ4v) is 5.31. The van der Waals surface area contributed by atoms with Gasteiger partial charge in [0.1, 0.15) is 0 Å². The predicted octanol–water partition coefficient (Wildman–Crippen LogP) is 4.98. The van der Waals surface area contributed by atoms with Crippen LogP contribution >= 0.6 is 0 Å². The van der Waals surface area contributed by atoms with Gasteiger partial charge in [0.15, 0.2) is 0 Å². The molecule has 0 radical (unpaired) electrons. The fraction of sp³-hybridized carbons (Fsp3) is 0.458. The molecule has 2 aliphatic rings. The molecule has 0 aliphatic carbocycles. The molecule has 0 amide bonds. The van der Waals surface area contributed by atoms with Gasteiger partial charge in [-0.05, 0) is 75.9 Å². The lowest BCUT2D eigenvalue weighted by molar-refractivity contribution is 0.0988. The molecule has 1 fully saturated rings. The van der Waals surface area contributed by atoms with Gasteiger partial charge in [0.2, 0.25) is 0 Å². The summed E-state index contributed by atoms with van der Waals surface area (Å²) in [4.78, 5) is 7.14. The minimum atomic E-state index is 0.596. The molecule has 3 heteroatoms. The van der Waals surface area contributed by atoms with Crippen molar-refractivity contribution in [3.63, 3.8) is 0 Å². The van der Waals surface area contributed by atoms with E-state index in [1.54, 1.807) is 11.3 Å². The zero-order valence-electron chi connectivity index (χ0n) is 16.7. The summed E-state index contributed by atoms with van der Waals surface area (Å²) in [6.07, 6.45) is 8.29. The summed E-state index contributed by atoms with van der Waals surface area (Å²) in [5.74, 6) is 0. The normalized spacial score (nSPS) is 22.2. The van der Waals surface area contributed by atoms with Crippen molar-refractivity contribution < 1.29 is 0 Å². The third-order valence-electron chi connectivity index (χ3n) is 6.81. The predicted molar refractivity (Wildman–Crippen MR) is 111 cm³/mol. The van der Waals surface area contributed by atoms with Crippen LogP contribution < -0.4 is 0 Å². The molecular weight excluding hydrogens is 330 g/mol. The SMILES string of the molecule is Cc1ccc2c(c1)c1c(n2CCc2ccc(C)nc2)C[C@@H]2CCC[C@H]1N2C. The standard InChI is InChI=1S/C24H29N3/c1-16-7-10-21-20(13-16)24-22-6-4-5-19(26(22)3)14-23(24)27(21)12-11-18-9-8-17(2)25-15-18/h7-10,13,15,19,22H,4-6,11-12,14H2,1-3H3/t19-,22+/m0/s1. The number of nitrogens with zero attached hydrogens (tertiary/aromatic N) is 3. The Bertz CT molecular complexity index is 983. The molecule has 2 aromatic heterocycles. The average Bonchev–Trinajstić information content (AvgIpc) is 2.93. The molecule has 0 saturated carbocycles. The van der Waals surface area contributed by atoms with Crippen molar-refractivity contribution in [2.24, 2.45) is 0 Å². The lowest BCUT2D eigenvalue weighted by atomic mass is 9.82. The van der Waals surface area contributed by atoms with Gasteiger partial charge in [0, 0.05) is 53.5 Å². The number of benzene rings is 1. The van der Waals surface area contributed by atoms with Crippen LogP contribution in [0.15, 0.2) is 36.5 Å². The summed E-state index contributed by atoms with van der Waals surface area (Å²) in [5, 5.41) is 1.49. The number of aryl methyl sites for hydroxylation is 4. The summed E-state index contributed by atoms with van der Waals surface area (Å²) in [6, 6.07) is 12.7. The average molecular weight is 360 g/mol. The van der Waals surface area contributed by atoms with Crippen LogP contribution in [-0.4, -0.2) is 27.5 Å². The number of hydrogen-bond acceptors (Lipinski definition) is 2. The first-order valence-corrected chi connectivity index (χ1v) is 10.4. The van der Waals surface area contributed by atoms with Crippen LogP contribution in [0.2, 0.25) is 0 Å². The third kappa shape index (κ3) is 2.80. The van der Waals surface area contributed by atoms with Gasteiger partial charge in [-0.1, -0.05) is 17.7 Å². The van der Waals surface area contributed by atoms with Crippen molar-refractivity contribution in [3.8, 4) is 0 Å². The van der Waals surface area contributed by atoms with Gasteiger partial charge in [-0.15, -0.1) is 0 Å². The van der Waals surface area contributed by atoms with E-state index < -0.39 is 0 Å². The van der Waals surface area contributed by atoms with Crippen LogP contribution in [-0.2, 0) is 19.4 Å². The van der Waals surface area contributed by atoms with E-state index in [0.717, 1.165) is 18.7 Å². The first kappa shape index (κ1) is 17.0. The Morgan fingerprint density at radius 2 is 2.00 bits per heavy atom. The van der Waals surface area contributed by atoms with Gasteiger partial charge in [-0.2, -0.15) is 0 Å². The quantitative estimate of drug-likeness (QED) is 0.658. The number of pyridine rings is 1. The summed E-state index contributed by atoms with van der Waals surface area (Å²) in [7, 11) is 2.34. The highest BCUT2D eigenvalue weighted by atomic mass is 15.2. The van der Waals surface area contributed by atoms with Crippen molar-refractivity contribution in [2.45, 2.75) is 64.6 Å². The van der Waals surface area contributed by atoms with E-state index in [9.17, 15) is 0 Å². The Balaban J connectivity index is 1.60. The molecule has 1 saturated heterocycles. The molecule has 1 aromatic carbocycles. The van der Waals surface area contributed by atoms with Crippen LogP contribution in [0.4, 0.5) is 0 Å². The first-order valence-electron chi connectivity index (χ1n) is 10.4. The van der Waals surface area contributed by atoms with Gasteiger partial charge in [0.25, 0.3) is 0 Å². The maximum atomic E-state index is 4.48. The number of aromatic nitrogens is 2. The topological polar surface area (TPSA) is 21.1 Å². The Hall–Kier alpha value is -2.13. The number of rotatable bonds is 3. The largest absolute Gasteiger partial charge is 0.344 e. The van der Waals surface area contributed by atoms with Crippen molar-refractivity contribution >= 4 is 10.9 Å². The highest BCUT2D eigenvalue weighted by Crippen LogP contribution is 2.45. The second-order valence-corrected chi connectivity index (χ2v) is 8.56. The molecule has 3 aromatic rings. The maximum Gasteiger partial charge on any atom is 0.0486 e. The zero-order chi connectivity index (χ0) is 18.5. The molecule has 0 spiro atoms. The molecule has 4 heterocycles. The molecule has 0 unspecified atom stereocenters. The highest BCUT2D eigenvalue weighted by Gasteiger charge is 2.38. The monoisotopic (exact) mass is 359 g/mol. The van der Waals surface area contributed by atoms with Crippen LogP contribution in [0, 0.1) is 13.8 Å². The van der Waals surface area contributed by atoms with Gasteiger partial charge < -0.3 is 4.57 Å². The zero-order valence-corrected chi connectivity index (χ0v) is 16.7. The Labute approximate surface area is 162 Å². The van der Waals surface area contributed by atoms with E-state index >= 15 is 0 Å². The van der Waals surface area contributed by atoms with E-state index in [0.29, 0.717) is 12.1 Å². The van der Waals surface area contributed by atoms with Crippen LogP contribution in [0.5, 0.6) is 0 Å². The summed E-state index contributed by atoms with van der Waals surface area (Å²) in [5.41, 5.74) is 8.43. The first-order chi connectivity index (χ1) is 13.1. The highest BCUT2D eigenvalue weighted by molar-refractivity contribution is 5.87. The van der Waals surface area contributed by atoms with E-state index in [2.05, 4.69) is 65.7 Å². The smallest absolute Gasteiger partial charge is 0.0486 e. The molecular formula is C24H29N3. The summed E-state index contributed by atoms with van der Waals surface area (Å²) in [6.45, 7) is 5.32. The second-order valence-electron chi connectivity index (χ2n) is 8.56. The second kappa shape index (κ2) is 6.49. The number of likely N-dealkylation sites (N-methyl/N-ethyl adjacent to an activating group) is 1. The van der Waals surface area contributed by atoms with Crippen molar-refractivity contribution in [2.75, 3.05) is 7.05 Å². The van der Waals surface area contributed by atoms with E-state index in [-0.39, 0.29) is 0 Å². The molecule has 3 nitrogen and oxygen atoms in total. The Morgan fingerprint density at radius 1 is 1.11 bits per heavy atom. The summed E-state index contributed by atoms with van der Waals surface area (Å²) >= 11 is 0. The lowest BCUT2D eigenvalue weighted by Gasteiger charge is -2.44. The minimum Gasteiger partial charge on any atom is -0.344 e. The number of piperidine rings is 1. The van der Waals surface area contributed by atoms with E-state index in [4.69, 9.17) is 0 Å². The molecule has 2 aliphatic heterocycles. The van der Waals surface area contributed by atoms with Gasteiger partial charge in [-0.3, -0.25) is 9.88 Å². The molecule has 0 N–H and O–H groups in total. The van der Waals surface area contributed by atoms with Gasteiger partial charge in [0.05, 0.1) is 0 Å². The third-order valence-corrected chi connectivity index (χ3v) is 6.81. The maximum absolute atomic E-state index is 4.48. The summed E-state index contributed by atoms with van der Waals surface area (Å²) < 4.78 is 2.63. The van der Waals surface area contributed by atoms with Crippen LogP contribution in [0.3, 0.4) is 0 Å². The van der Waals surface area contributed by atoms with Crippen LogP contribution in [0.1, 0.15) is 53.4 Å². The van der Waals surface area contributed by atoms with Gasteiger partial charge >= 0.3 is 0 Å². The van der Waals surface area contributed by atoms with Crippen molar-refractivity contribution in [1.29, 1.82) is 0 Å². The Morgan fingerprint density at radius 3 is 2.81 bits per heavy atom. The fourth-order valence-electron chi connectivity index (χ4n) is 5.31. The molecule has 5 rings (SSSR count). The van der Waals surface area contributed by atoms with Crippen LogP contribution in [0.25, 0.3) is 10.9 Å². The number of hydrogen-bond donors (Lipinski definition) is 0. The van der Waals surface area contributed by atoms with Crippen molar-refractivity contribution in [3.05, 3.63) is 64.6 Å². The molecule has 140 valence electrons. The van der Waals surface area contributed by atoms with E-state index in [1.807, 2.05) is 6.20 Å².